The number of hydrogen-bond donors (Lipinski definition) is 1. The zero-order valence-corrected chi connectivity index (χ0v) is 7.81. The lowest BCUT2D eigenvalue weighted by atomic mass is 9.81. The smallest absolute Gasteiger partial charge is 0.129 e. The van der Waals surface area contributed by atoms with E-state index in [0.717, 1.165) is 25.7 Å². The van der Waals surface area contributed by atoms with E-state index in [9.17, 15) is 9.90 Å². The van der Waals surface area contributed by atoms with Crippen LogP contribution in [0.1, 0.15) is 51.9 Å². The summed E-state index contributed by atoms with van der Waals surface area (Å²) < 4.78 is 0. The van der Waals surface area contributed by atoms with Gasteiger partial charge in [0.2, 0.25) is 0 Å². The second kappa shape index (κ2) is 4.04. The molecular weight excluding hydrogens is 152 g/mol. The van der Waals surface area contributed by atoms with E-state index in [2.05, 4.69) is 0 Å². The molecule has 2 heteroatoms. The van der Waals surface area contributed by atoms with Gasteiger partial charge in [0.1, 0.15) is 5.78 Å². The number of carbonyl (C=O) groups is 1. The first-order valence-corrected chi connectivity index (χ1v) is 4.84. The molecule has 1 aliphatic rings. The topological polar surface area (TPSA) is 37.3 Å². The Balaban J connectivity index is 2.31. The Kier molecular flexibility index (Phi) is 3.27. The maximum atomic E-state index is 10.7. The number of carbonyl (C=O) groups excluding carboxylic acids is 1. The van der Waals surface area contributed by atoms with Crippen molar-refractivity contribution in [2.24, 2.45) is 0 Å². The van der Waals surface area contributed by atoms with Gasteiger partial charge in [-0.1, -0.05) is 19.3 Å². The fourth-order valence-corrected chi connectivity index (χ4v) is 1.87. The first kappa shape index (κ1) is 9.72. The predicted octanol–water partition coefficient (Wildman–Crippen LogP) is 2.05. The molecule has 1 rings (SSSR count). The fraction of sp³-hybridized carbons (Fsp3) is 0.900. The first-order valence-electron chi connectivity index (χ1n) is 4.84. The molecule has 0 saturated heterocycles. The van der Waals surface area contributed by atoms with Crippen LogP contribution in [0.2, 0.25) is 0 Å². The van der Waals surface area contributed by atoms with E-state index in [1.807, 2.05) is 0 Å². The van der Waals surface area contributed by atoms with Crippen LogP contribution in [0.25, 0.3) is 0 Å². The molecule has 0 atom stereocenters. The van der Waals surface area contributed by atoms with Crippen LogP contribution in [0.5, 0.6) is 0 Å². The summed E-state index contributed by atoms with van der Waals surface area (Å²) in [4.78, 5) is 10.7. The first-order chi connectivity index (χ1) is 5.62. The average molecular weight is 170 g/mol. The summed E-state index contributed by atoms with van der Waals surface area (Å²) >= 11 is 0. The zero-order valence-electron chi connectivity index (χ0n) is 7.81. The number of hydrogen-bond acceptors (Lipinski definition) is 2. The summed E-state index contributed by atoms with van der Waals surface area (Å²) in [5.41, 5.74) is -0.510. The molecule has 70 valence electrons. The van der Waals surface area contributed by atoms with Crippen molar-refractivity contribution >= 4 is 5.78 Å². The third kappa shape index (κ3) is 2.94. The second-order valence-electron chi connectivity index (χ2n) is 3.99. The molecule has 0 heterocycles. The van der Waals surface area contributed by atoms with E-state index in [-0.39, 0.29) is 5.78 Å². The van der Waals surface area contributed by atoms with Gasteiger partial charge in [-0.2, -0.15) is 0 Å². The molecule has 0 aromatic carbocycles. The Bertz CT molecular complexity index is 157. The third-order valence-electron chi connectivity index (χ3n) is 2.73. The van der Waals surface area contributed by atoms with Crippen molar-refractivity contribution < 1.29 is 9.90 Å². The van der Waals surface area contributed by atoms with Crippen LogP contribution >= 0.6 is 0 Å². The Labute approximate surface area is 74.0 Å². The molecule has 1 saturated carbocycles. The van der Waals surface area contributed by atoms with Gasteiger partial charge in [-0.05, 0) is 26.2 Å². The highest BCUT2D eigenvalue weighted by atomic mass is 16.3. The molecule has 1 aliphatic carbocycles. The van der Waals surface area contributed by atoms with Gasteiger partial charge in [0, 0.05) is 6.42 Å². The number of aliphatic hydroxyl groups is 1. The van der Waals surface area contributed by atoms with Gasteiger partial charge in [-0.3, -0.25) is 0 Å². The predicted molar refractivity (Wildman–Crippen MR) is 47.9 cm³/mol. The summed E-state index contributed by atoms with van der Waals surface area (Å²) in [6, 6.07) is 0. The summed E-state index contributed by atoms with van der Waals surface area (Å²) in [6.07, 6.45) is 6.46. The van der Waals surface area contributed by atoms with Crippen LogP contribution < -0.4 is 0 Å². The molecule has 0 spiro atoms. The van der Waals surface area contributed by atoms with Crippen molar-refractivity contribution in [3.05, 3.63) is 0 Å². The van der Waals surface area contributed by atoms with Crippen LogP contribution in [0.4, 0.5) is 0 Å². The molecule has 0 unspecified atom stereocenters. The van der Waals surface area contributed by atoms with Crippen molar-refractivity contribution in [3.63, 3.8) is 0 Å². The maximum absolute atomic E-state index is 10.7. The minimum absolute atomic E-state index is 0.189. The van der Waals surface area contributed by atoms with Gasteiger partial charge in [0.15, 0.2) is 0 Å². The lowest BCUT2D eigenvalue weighted by Gasteiger charge is -2.31. The highest BCUT2D eigenvalue weighted by Crippen LogP contribution is 2.31. The summed E-state index contributed by atoms with van der Waals surface area (Å²) in [7, 11) is 0. The highest BCUT2D eigenvalue weighted by molar-refractivity contribution is 5.75. The van der Waals surface area contributed by atoms with E-state index in [1.54, 1.807) is 6.92 Å². The lowest BCUT2D eigenvalue weighted by molar-refractivity contribution is -0.118. The molecule has 0 aromatic rings. The molecule has 0 amide bonds. The van der Waals surface area contributed by atoms with Crippen LogP contribution in [0, 0.1) is 0 Å². The number of ketones is 1. The minimum Gasteiger partial charge on any atom is -0.390 e. The zero-order chi connectivity index (χ0) is 9.03. The lowest BCUT2D eigenvalue weighted by Crippen LogP contribution is -2.31. The van der Waals surface area contributed by atoms with Crippen molar-refractivity contribution in [1.82, 2.24) is 0 Å². The van der Waals surface area contributed by atoms with Crippen LogP contribution in [-0.2, 0) is 4.79 Å². The molecule has 0 radical (unpaired) electrons. The molecule has 1 fully saturated rings. The standard InChI is InChI=1S/C10H18O2/c1-9(11)5-8-10(12)6-3-2-4-7-10/h12H,2-8H2,1H3. The normalized spacial score (nSPS) is 22.2. The molecule has 0 bridgehead atoms. The summed E-state index contributed by atoms with van der Waals surface area (Å²) in [5.74, 6) is 0.189. The Morgan fingerprint density at radius 2 is 1.92 bits per heavy atom. The van der Waals surface area contributed by atoms with Gasteiger partial charge in [0.25, 0.3) is 0 Å². The van der Waals surface area contributed by atoms with Gasteiger partial charge < -0.3 is 9.90 Å². The van der Waals surface area contributed by atoms with Gasteiger partial charge in [0.05, 0.1) is 5.60 Å². The quantitative estimate of drug-likeness (QED) is 0.703. The highest BCUT2D eigenvalue weighted by Gasteiger charge is 2.28. The molecule has 0 aromatic heterocycles. The minimum atomic E-state index is -0.510. The Morgan fingerprint density at radius 1 is 1.33 bits per heavy atom. The van der Waals surface area contributed by atoms with Crippen LogP contribution in [0.3, 0.4) is 0 Å². The average Bonchev–Trinajstić information content (AvgIpc) is 2.03. The largest absolute Gasteiger partial charge is 0.390 e. The second-order valence-corrected chi connectivity index (χ2v) is 3.99. The van der Waals surface area contributed by atoms with E-state index in [0.29, 0.717) is 12.8 Å². The van der Waals surface area contributed by atoms with Gasteiger partial charge in [-0.25, -0.2) is 0 Å². The Morgan fingerprint density at radius 3 is 2.42 bits per heavy atom. The van der Waals surface area contributed by atoms with Crippen molar-refractivity contribution in [3.8, 4) is 0 Å². The molecule has 2 nitrogen and oxygen atoms in total. The number of Topliss-reactive ketones (excluding diaryl/α,β-unsaturated/α-hetero) is 1. The SMILES string of the molecule is CC(=O)CCC1(O)CCCCC1. The van der Waals surface area contributed by atoms with Gasteiger partial charge >= 0.3 is 0 Å². The molecule has 0 aliphatic heterocycles. The van der Waals surface area contributed by atoms with Crippen molar-refractivity contribution in [2.45, 2.75) is 57.5 Å². The molecular formula is C10H18O2. The maximum Gasteiger partial charge on any atom is 0.129 e. The van der Waals surface area contributed by atoms with E-state index >= 15 is 0 Å². The van der Waals surface area contributed by atoms with Crippen molar-refractivity contribution in [2.75, 3.05) is 0 Å². The van der Waals surface area contributed by atoms with E-state index in [4.69, 9.17) is 0 Å². The van der Waals surface area contributed by atoms with E-state index in [1.165, 1.54) is 6.42 Å². The van der Waals surface area contributed by atoms with E-state index < -0.39 is 5.60 Å². The Hall–Kier alpha value is -0.370. The fourth-order valence-electron chi connectivity index (χ4n) is 1.87. The molecule has 1 N–H and O–H groups in total. The summed E-state index contributed by atoms with van der Waals surface area (Å²) in [6.45, 7) is 1.59. The molecule has 12 heavy (non-hydrogen) atoms. The monoisotopic (exact) mass is 170 g/mol. The number of rotatable bonds is 3. The van der Waals surface area contributed by atoms with Gasteiger partial charge in [-0.15, -0.1) is 0 Å². The van der Waals surface area contributed by atoms with Crippen LogP contribution in [0.15, 0.2) is 0 Å². The van der Waals surface area contributed by atoms with Crippen LogP contribution in [-0.4, -0.2) is 16.5 Å². The van der Waals surface area contributed by atoms with Crippen molar-refractivity contribution in [1.29, 1.82) is 0 Å². The third-order valence-corrected chi connectivity index (χ3v) is 2.73. The summed E-state index contributed by atoms with van der Waals surface area (Å²) in [5, 5.41) is 9.97.